The molecule has 0 aromatic carbocycles. The average molecular weight is 424 g/mol. The van der Waals surface area contributed by atoms with Crippen molar-refractivity contribution >= 4 is 28.6 Å². The molecule has 0 aromatic rings. The van der Waals surface area contributed by atoms with Gasteiger partial charge in [-0.1, -0.05) is 55.0 Å². The van der Waals surface area contributed by atoms with Gasteiger partial charge in [0.1, 0.15) is 5.60 Å². The molecule has 0 bridgehead atoms. The SMILES string of the molecule is C=C(C)C1=CC(OC(=O)CC(C)CC)C(O)(CI)C1C(O)O. The minimum absolute atomic E-state index is 0.196. The molecule has 0 aromatic heterocycles. The van der Waals surface area contributed by atoms with Crippen molar-refractivity contribution in [3.63, 3.8) is 0 Å². The van der Waals surface area contributed by atoms with Gasteiger partial charge in [0.05, 0.1) is 5.92 Å². The molecule has 0 radical (unpaired) electrons. The molecule has 6 heteroatoms. The molecule has 0 saturated carbocycles. The standard InChI is InChI=1S/C16H25IO5/c1-5-10(4)6-13(18)22-12-7-11(9(2)3)14(15(19)20)16(12,21)8-17/h7,10,12,14-15,19-21H,2,5-6,8H2,1,3-4H3. The van der Waals surface area contributed by atoms with E-state index in [1.807, 2.05) is 36.4 Å². The molecule has 1 aliphatic rings. The lowest BCUT2D eigenvalue weighted by atomic mass is 9.84. The summed E-state index contributed by atoms with van der Waals surface area (Å²) < 4.78 is 5.61. The van der Waals surface area contributed by atoms with E-state index in [-0.39, 0.29) is 16.8 Å². The molecule has 1 rings (SSSR count). The van der Waals surface area contributed by atoms with E-state index in [4.69, 9.17) is 4.74 Å². The second-order valence-corrected chi connectivity index (χ2v) is 6.81. The fourth-order valence-electron chi connectivity index (χ4n) is 2.60. The monoisotopic (exact) mass is 424 g/mol. The highest BCUT2D eigenvalue weighted by molar-refractivity contribution is 14.1. The number of allylic oxidation sites excluding steroid dienone is 1. The third-order valence-corrected chi connectivity index (χ3v) is 5.39. The van der Waals surface area contributed by atoms with Gasteiger partial charge in [-0.05, 0) is 24.5 Å². The molecule has 4 unspecified atom stereocenters. The molecule has 5 nitrogen and oxygen atoms in total. The van der Waals surface area contributed by atoms with Crippen LogP contribution in [0, 0.1) is 11.8 Å². The number of aliphatic hydroxyl groups is 3. The minimum Gasteiger partial charge on any atom is -0.455 e. The lowest BCUT2D eigenvalue weighted by Gasteiger charge is -2.35. The Bertz CT molecular complexity index is 459. The van der Waals surface area contributed by atoms with Crippen LogP contribution in [0.1, 0.15) is 33.6 Å². The van der Waals surface area contributed by atoms with Crippen LogP contribution in [0.25, 0.3) is 0 Å². The minimum atomic E-state index is -1.75. The van der Waals surface area contributed by atoms with E-state index < -0.39 is 29.9 Å². The highest BCUT2D eigenvalue weighted by atomic mass is 127. The number of aliphatic hydroxyl groups excluding tert-OH is 1. The fraction of sp³-hybridized carbons (Fsp3) is 0.688. The molecular formula is C16H25IO5. The van der Waals surface area contributed by atoms with Crippen LogP contribution in [0.2, 0.25) is 0 Å². The molecule has 4 atom stereocenters. The lowest BCUT2D eigenvalue weighted by molar-refractivity contribution is -0.176. The molecule has 0 fully saturated rings. The number of hydrogen-bond donors (Lipinski definition) is 3. The van der Waals surface area contributed by atoms with Crippen LogP contribution in [-0.2, 0) is 9.53 Å². The van der Waals surface area contributed by atoms with Gasteiger partial charge in [-0.25, -0.2) is 0 Å². The molecule has 3 N–H and O–H groups in total. The highest BCUT2D eigenvalue weighted by Gasteiger charge is 2.53. The van der Waals surface area contributed by atoms with Crippen molar-refractivity contribution in [2.24, 2.45) is 11.8 Å². The normalized spacial score (nSPS) is 29.4. The smallest absolute Gasteiger partial charge is 0.306 e. The predicted octanol–water partition coefficient (Wildman–Crippen LogP) is 1.94. The van der Waals surface area contributed by atoms with Crippen molar-refractivity contribution in [3.8, 4) is 0 Å². The maximum atomic E-state index is 12.0. The highest BCUT2D eigenvalue weighted by Crippen LogP contribution is 2.43. The van der Waals surface area contributed by atoms with Gasteiger partial charge in [0, 0.05) is 10.8 Å². The molecule has 0 amide bonds. The van der Waals surface area contributed by atoms with Crippen LogP contribution in [0.4, 0.5) is 0 Å². The van der Waals surface area contributed by atoms with E-state index >= 15 is 0 Å². The molecule has 0 heterocycles. The third kappa shape index (κ3) is 4.10. The van der Waals surface area contributed by atoms with Gasteiger partial charge in [0.15, 0.2) is 12.4 Å². The molecule has 1 aliphatic carbocycles. The van der Waals surface area contributed by atoms with Crippen molar-refractivity contribution in [2.45, 2.75) is 51.6 Å². The van der Waals surface area contributed by atoms with Crippen LogP contribution in [0.15, 0.2) is 23.8 Å². The van der Waals surface area contributed by atoms with E-state index in [0.717, 1.165) is 6.42 Å². The number of alkyl halides is 1. The summed E-state index contributed by atoms with van der Waals surface area (Å²) in [5.41, 5.74) is -0.411. The molecule has 0 spiro atoms. The molecule has 126 valence electrons. The van der Waals surface area contributed by atoms with Gasteiger partial charge in [0.2, 0.25) is 0 Å². The Labute approximate surface area is 145 Å². The number of esters is 1. The summed E-state index contributed by atoms with van der Waals surface area (Å²) in [5, 5.41) is 30.1. The molecule has 22 heavy (non-hydrogen) atoms. The van der Waals surface area contributed by atoms with Crippen molar-refractivity contribution in [1.29, 1.82) is 0 Å². The van der Waals surface area contributed by atoms with E-state index in [1.54, 1.807) is 13.0 Å². The Hall–Kier alpha value is -0.440. The van der Waals surface area contributed by atoms with Crippen LogP contribution in [-0.4, -0.2) is 43.7 Å². The summed E-state index contributed by atoms with van der Waals surface area (Å²) in [6.45, 7) is 9.47. The Kier molecular flexibility index (Phi) is 7.04. The summed E-state index contributed by atoms with van der Waals surface area (Å²) in [6.07, 6.45) is 0.0636. The second-order valence-electron chi connectivity index (χ2n) is 6.05. The Morgan fingerprint density at radius 1 is 1.55 bits per heavy atom. The van der Waals surface area contributed by atoms with Gasteiger partial charge in [-0.3, -0.25) is 4.79 Å². The number of carbonyl (C=O) groups excluding carboxylic acids is 1. The van der Waals surface area contributed by atoms with E-state index in [1.165, 1.54) is 0 Å². The summed E-state index contributed by atoms with van der Waals surface area (Å²) in [4.78, 5) is 12.0. The average Bonchev–Trinajstić information content (AvgIpc) is 2.72. The van der Waals surface area contributed by atoms with Crippen molar-refractivity contribution in [1.82, 2.24) is 0 Å². The quantitative estimate of drug-likeness (QED) is 0.252. The number of hydrogen-bond acceptors (Lipinski definition) is 5. The van der Waals surface area contributed by atoms with Crippen molar-refractivity contribution in [3.05, 3.63) is 23.8 Å². The first-order valence-electron chi connectivity index (χ1n) is 7.38. The molecule has 0 aliphatic heterocycles. The van der Waals surface area contributed by atoms with Crippen LogP contribution < -0.4 is 0 Å². The zero-order valence-electron chi connectivity index (χ0n) is 13.3. The second kappa shape index (κ2) is 7.90. The molecule has 0 saturated heterocycles. The Balaban J connectivity index is 3.02. The fourth-order valence-corrected chi connectivity index (χ4v) is 3.51. The van der Waals surface area contributed by atoms with Gasteiger partial charge in [-0.2, -0.15) is 0 Å². The van der Waals surface area contributed by atoms with E-state index in [2.05, 4.69) is 6.58 Å². The van der Waals surface area contributed by atoms with E-state index in [0.29, 0.717) is 11.1 Å². The summed E-state index contributed by atoms with van der Waals surface area (Å²) in [5.74, 6) is -1.14. The van der Waals surface area contributed by atoms with Crippen molar-refractivity contribution < 1.29 is 24.9 Å². The summed E-state index contributed by atoms with van der Waals surface area (Å²) in [6, 6.07) is 0. The van der Waals surface area contributed by atoms with Gasteiger partial charge < -0.3 is 20.1 Å². The first-order valence-corrected chi connectivity index (χ1v) is 8.91. The maximum Gasteiger partial charge on any atom is 0.306 e. The first kappa shape index (κ1) is 19.6. The number of halogens is 1. The number of rotatable bonds is 7. The number of ether oxygens (including phenoxy) is 1. The van der Waals surface area contributed by atoms with Gasteiger partial charge in [-0.15, -0.1) is 0 Å². The van der Waals surface area contributed by atoms with Crippen LogP contribution in [0.5, 0.6) is 0 Å². The van der Waals surface area contributed by atoms with Gasteiger partial charge in [0.25, 0.3) is 0 Å². The first-order chi connectivity index (χ1) is 10.2. The zero-order valence-corrected chi connectivity index (χ0v) is 15.4. The van der Waals surface area contributed by atoms with E-state index in [9.17, 15) is 20.1 Å². The predicted molar refractivity (Wildman–Crippen MR) is 92.4 cm³/mol. The zero-order chi connectivity index (χ0) is 17.1. The Morgan fingerprint density at radius 2 is 2.14 bits per heavy atom. The summed E-state index contributed by atoms with van der Waals surface area (Å²) in [7, 11) is 0. The lowest BCUT2D eigenvalue weighted by Crippen LogP contribution is -2.52. The van der Waals surface area contributed by atoms with Crippen molar-refractivity contribution in [2.75, 3.05) is 4.43 Å². The largest absolute Gasteiger partial charge is 0.455 e. The van der Waals surface area contributed by atoms with Crippen LogP contribution in [0.3, 0.4) is 0 Å². The number of carbonyl (C=O) groups is 1. The van der Waals surface area contributed by atoms with Crippen LogP contribution >= 0.6 is 22.6 Å². The Morgan fingerprint density at radius 3 is 2.55 bits per heavy atom. The topological polar surface area (TPSA) is 87.0 Å². The van der Waals surface area contributed by atoms with Gasteiger partial charge >= 0.3 is 5.97 Å². The molecular weight excluding hydrogens is 399 g/mol. The maximum absolute atomic E-state index is 12.0. The summed E-state index contributed by atoms with van der Waals surface area (Å²) >= 11 is 1.96. The third-order valence-electron chi connectivity index (χ3n) is 4.17.